The normalized spacial score (nSPS) is 10.4. The summed E-state index contributed by atoms with van der Waals surface area (Å²) < 4.78 is 1.69. The van der Waals surface area contributed by atoms with E-state index in [1.54, 1.807) is 17.2 Å². The molecule has 0 radical (unpaired) electrons. The van der Waals surface area contributed by atoms with Gasteiger partial charge in [0, 0.05) is 11.8 Å². The van der Waals surface area contributed by atoms with Crippen LogP contribution in [-0.4, -0.2) is 24.7 Å². The Hall–Kier alpha value is -2.76. The van der Waals surface area contributed by atoms with Crippen molar-refractivity contribution in [1.82, 2.24) is 24.7 Å². The summed E-state index contributed by atoms with van der Waals surface area (Å²) in [6, 6.07) is 9.63. The van der Waals surface area contributed by atoms with Crippen molar-refractivity contribution >= 4 is 5.95 Å². The van der Waals surface area contributed by atoms with Gasteiger partial charge >= 0.3 is 0 Å². The Morgan fingerprint density at radius 1 is 1.06 bits per heavy atom. The summed E-state index contributed by atoms with van der Waals surface area (Å²) in [6.45, 7) is 0. The Morgan fingerprint density at radius 3 is 2.56 bits per heavy atom. The first-order valence-corrected chi connectivity index (χ1v) is 5.37. The van der Waals surface area contributed by atoms with E-state index in [4.69, 9.17) is 5.73 Å². The third kappa shape index (κ3) is 1.91. The predicted molar refractivity (Wildman–Crippen MR) is 66.8 cm³/mol. The van der Waals surface area contributed by atoms with Crippen LogP contribution in [0.5, 0.6) is 0 Å². The molecule has 2 aromatic heterocycles. The van der Waals surface area contributed by atoms with E-state index < -0.39 is 0 Å². The van der Waals surface area contributed by atoms with E-state index in [2.05, 4.69) is 20.1 Å². The molecule has 88 valence electrons. The van der Waals surface area contributed by atoms with Gasteiger partial charge in [0.15, 0.2) is 0 Å². The molecule has 2 N–H and O–H groups in total. The Balaban J connectivity index is 1.96. The van der Waals surface area contributed by atoms with Crippen LogP contribution in [0.4, 0.5) is 5.95 Å². The molecule has 18 heavy (non-hydrogen) atoms. The van der Waals surface area contributed by atoms with Gasteiger partial charge < -0.3 is 5.73 Å². The van der Waals surface area contributed by atoms with Gasteiger partial charge in [-0.2, -0.15) is 5.10 Å². The number of anilines is 1. The first kappa shape index (κ1) is 10.4. The minimum absolute atomic E-state index is 0.271. The molecule has 0 aliphatic carbocycles. The SMILES string of the molecule is Nc1nccc(-c2ccc(-n3cncn3)cc2)n1. The number of aromatic nitrogens is 5. The summed E-state index contributed by atoms with van der Waals surface area (Å²) in [4.78, 5) is 11.9. The lowest BCUT2D eigenvalue weighted by Gasteiger charge is -2.03. The second kappa shape index (κ2) is 4.25. The van der Waals surface area contributed by atoms with Crippen molar-refractivity contribution in [3.05, 3.63) is 49.2 Å². The van der Waals surface area contributed by atoms with Crippen molar-refractivity contribution < 1.29 is 0 Å². The molecule has 0 saturated carbocycles. The fourth-order valence-corrected chi connectivity index (χ4v) is 1.66. The lowest BCUT2D eigenvalue weighted by atomic mass is 10.1. The van der Waals surface area contributed by atoms with Crippen LogP contribution in [0.15, 0.2) is 49.2 Å². The van der Waals surface area contributed by atoms with Gasteiger partial charge in [-0.3, -0.25) is 0 Å². The van der Waals surface area contributed by atoms with Gasteiger partial charge in [-0.25, -0.2) is 19.6 Å². The minimum atomic E-state index is 0.271. The predicted octanol–water partition coefficient (Wildman–Crippen LogP) is 1.31. The van der Waals surface area contributed by atoms with Gasteiger partial charge in [0.1, 0.15) is 12.7 Å². The van der Waals surface area contributed by atoms with Crippen molar-refractivity contribution in [3.8, 4) is 16.9 Å². The van der Waals surface area contributed by atoms with Crippen LogP contribution >= 0.6 is 0 Å². The van der Waals surface area contributed by atoms with E-state index in [9.17, 15) is 0 Å². The van der Waals surface area contributed by atoms with Crippen LogP contribution in [0.2, 0.25) is 0 Å². The summed E-state index contributed by atoms with van der Waals surface area (Å²) in [6.07, 6.45) is 4.79. The summed E-state index contributed by atoms with van der Waals surface area (Å²) >= 11 is 0. The standard InChI is InChI=1S/C12H10N6/c13-12-15-6-5-11(17-12)9-1-3-10(4-2-9)18-8-14-7-16-18/h1-8H,(H2,13,15,17). The van der Waals surface area contributed by atoms with Crippen LogP contribution in [0.3, 0.4) is 0 Å². The number of rotatable bonds is 2. The maximum atomic E-state index is 5.56. The highest BCUT2D eigenvalue weighted by molar-refractivity contribution is 5.61. The zero-order chi connectivity index (χ0) is 12.4. The van der Waals surface area contributed by atoms with E-state index in [1.807, 2.05) is 30.3 Å². The van der Waals surface area contributed by atoms with Crippen LogP contribution in [-0.2, 0) is 0 Å². The molecule has 3 rings (SSSR count). The fourth-order valence-electron chi connectivity index (χ4n) is 1.66. The maximum Gasteiger partial charge on any atom is 0.220 e. The van der Waals surface area contributed by atoms with Gasteiger partial charge in [0.05, 0.1) is 11.4 Å². The van der Waals surface area contributed by atoms with E-state index in [0.717, 1.165) is 16.9 Å². The van der Waals surface area contributed by atoms with Gasteiger partial charge in [0.2, 0.25) is 5.95 Å². The molecule has 0 bridgehead atoms. The number of benzene rings is 1. The number of hydrogen-bond acceptors (Lipinski definition) is 5. The molecule has 0 aliphatic rings. The van der Waals surface area contributed by atoms with Crippen molar-refractivity contribution in [2.24, 2.45) is 0 Å². The zero-order valence-corrected chi connectivity index (χ0v) is 9.43. The Morgan fingerprint density at radius 2 is 1.89 bits per heavy atom. The lowest BCUT2D eigenvalue weighted by molar-refractivity contribution is 0.879. The molecule has 1 aromatic carbocycles. The quantitative estimate of drug-likeness (QED) is 0.727. The van der Waals surface area contributed by atoms with Crippen LogP contribution in [0, 0.1) is 0 Å². The van der Waals surface area contributed by atoms with E-state index >= 15 is 0 Å². The van der Waals surface area contributed by atoms with Crippen molar-refractivity contribution in [2.45, 2.75) is 0 Å². The average Bonchev–Trinajstić information content (AvgIpc) is 2.93. The van der Waals surface area contributed by atoms with E-state index in [1.165, 1.54) is 6.33 Å². The number of nitrogen functional groups attached to an aromatic ring is 1. The Labute approximate surface area is 103 Å². The Bertz CT molecular complexity index is 645. The van der Waals surface area contributed by atoms with E-state index in [-0.39, 0.29) is 5.95 Å². The van der Waals surface area contributed by atoms with Crippen LogP contribution in [0.1, 0.15) is 0 Å². The average molecular weight is 238 g/mol. The van der Waals surface area contributed by atoms with Crippen molar-refractivity contribution in [3.63, 3.8) is 0 Å². The Kier molecular flexibility index (Phi) is 2.45. The topological polar surface area (TPSA) is 82.5 Å². The largest absolute Gasteiger partial charge is 0.368 e. The van der Waals surface area contributed by atoms with Gasteiger partial charge in [-0.1, -0.05) is 12.1 Å². The first-order valence-electron chi connectivity index (χ1n) is 5.37. The fraction of sp³-hybridized carbons (Fsp3) is 0. The monoisotopic (exact) mass is 238 g/mol. The highest BCUT2D eigenvalue weighted by Crippen LogP contribution is 2.18. The molecular weight excluding hydrogens is 228 g/mol. The molecule has 0 aliphatic heterocycles. The zero-order valence-electron chi connectivity index (χ0n) is 9.43. The molecule has 0 saturated heterocycles. The third-order valence-corrected chi connectivity index (χ3v) is 2.52. The minimum Gasteiger partial charge on any atom is -0.368 e. The first-order chi connectivity index (χ1) is 8.83. The van der Waals surface area contributed by atoms with Crippen LogP contribution in [0.25, 0.3) is 16.9 Å². The summed E-state index contributed by atoms with van der Waals surface area (Å²) in [5.74, 6) is 0.271. The second-order valence-corrected chi connectivity index (χ2v) is 3.69. The number of nitrogens with two attached hydrogens (primary N) is 1. The van der Waals surface area contributed by atoms with Gasteiger partial charge in [-0.15, -0.1) is 0 Å². The summed E-state index contributed by atoms with van der Waals surface area (Å²) in [7, 11) is 0. The van der Waals surface area contributed by atoms with Crippen LogP contribution < -0.4 is 5.73 Å². The number of hydrogen-bond donors (Lipinski definition) is 1. The molecule has 0 amide bonds. The van der Waals surface area contributed by atoms with E-state index in [0.29, 0.717) is 0 Å². The van der Waals surface area contributed by atoms with Crippen molar-refractivity contribution in [1.29, 1.82) is 0 Å². The molecule has 0 spiro atoms. The number of nitrogens with zero attached hydrogens (tertiary/aromatic N) is 5. The van der Waals surface area contributed by atoms with Gasteiger partial charge in [-0.05, 0) is 18.2 Å². The molecular formula is C12H10N6. The third-order valence-electron chi connectivity index (χ3n) is 2.52. The highest BCUT2D eigenvalue weighted by atomic mass is 15.3. The molecule has 6 nitrogen and oxygen atoms in total. The highest BCUT2D eigenvalue weighted by Gasteiger charge is 2.01. The summed E-state index contributed by atoms with van der Waals surface area (Å²) in [5.41, 5.74) is 8.28. The molecule has 0 atom stereocenters. The summed E-state index contributed by atoms with van der Waals surface area (Å²) in [5, 5.41) is 4.06. The van der Waals surface area contributed by atoms with Crippen molar-refractivity contribution in [2.75, 3.05) is 5.73 Å². The lowest BCUT2D eigenvalue weighted by Crippen LogP contribution is -1.96. The molecule has 6 heteroatoms. The second-order valence-electron chi connectivity index (χ2n) is 3.69. The smallest absolute Gasteiger partial charge is 0.220 e. The molecule has 0 fully saturated rings. The molecule has 0 unspecified atom stereocenters. The maximum absolute atomic E-state index is 5.56. The molecule has 2 heterocycles. The van der Waals surface area contributed by atoms with Gasteiger partial charge in [0.25, 0.3) is 0 Å². The molecule has 3 aromatic rings.